The molecule has 0 amide bonds. The van der Waals surface area contributed by atoms with Crippen LogP contribution in [0.25, 0.3) is 0 Å². The van der Waals surface area contributed by atoms with Gasteiger partial charge in [-0.3, -0.25) is 4.79 Å². The Morgan fingerprint density at radius 1 is 1.53 bits per heavy atom. The van der Waals surface area contributed by atoms with Gasteiger partial charge < -0.3 is 15.7 Å². The average Bonchev–Trinajstić information content (AvgIpc) is 2.18. The number of carbonyl (C=O) groups is 1. The van der Waals surface area contributed by atoms with Gasteiger partial charge in [0.05, 0.1) is 5.92 Å². The largest absolute Gasteiger partial charge is 0.481 e. The molecular formula is C11H16N2O2. The third kappa shape index (κ3) is 2.70. The first kappa shape index (κ1) is 11.5. The molecule has 0 aliphatic rings. The Labute approximate surface area is 89.3 Å². The lowest BCUT2D eigenvalue weighted by Crippen LogP contribution is -2.21. The molecule has 1 aromatic rings. The maximum absolute atomic E-state index is 10.9. The standard InChI is InChI=1S/C11H16N2O2/c1-13(2)9-5-3-4-8(6-9)10(7-12)11(14)15/h3-6,10H,7,12H2,1-2H3,(H,14,15). The van der Waals surface area contributed by atoms with Gasteiger partial charge in [0.15, 0.2) is 0 Å². The van der Waals surface area contributed by atoms with Crippen LogP contribution >= 0.6 is 0 Å². The quantitative estimate of drug-likeness (QED) is 0.770. The Morgan fingerprint density at radius 2 is 2.20 bits per heavy atom. The van der Waals surface area contributed by atoms with Crippen LogP contribution in [0, 0.1) is 0 Å². The molecule has 1 unspecified atom stereocenters. The van der Waals surface area contributed by atoms with E-state index in [1.165, 1.54) is 0 Å². The molecule has 0 aliphatic carbocycles. The molecule has 4 nitrogen and oxygen atoms in total. The Morgan fingerprint density at radius 3 is 2.67 bits per heavy atom. The number of carboxylic acids is 1. The summed E-state index contributed by atoms with van der Waals surface area (Å²) >= 11 is 0. The monoisotopic (exact) mass is 208 g/mol. The van der Waals surface area contributed by atoms with Crippen LogP contribution in [-0.2, 0) is 4.79 Å². The molecule has 4 heteroatoms. The Kier molecular flexibility index (Phi) is 3.68. The summed E-state index contributed by atoms with van der Waals surface area (Å²) in [4.78, 5) is 12.8. The van der Waals surface area contributed by atoms with E-state index in [1.807, 2.05) is 37.2 Å². The maximum atomic E-state index is 10.9. The lowest BCUT2D eigenvalue weighted by Gasteiger charge is -2.16. The van der Waals surface area contributed by atoms with E-state index in [2.05, 4.69) is 0 Å². The number of carboxylic acid groups (broad SMARTS) is 1. The fourth-order valence-electron chi connectivity index (χ4n) is 1.40. The van der Waals surface area contributed by atoms with Crippen LogP contribution < -0.4 is 10.6 Å². The minimum absolute atomic E-state index is 0.117. The van der Waals surface area contributed by atoms with E-state index in [0.717, 1.165) is 11.3 Å². The number of benzene rings is 1. The van der Waals surface area contributed by atoms with Crippen molar-refractivity contribution in [2.45, 2.75) is 5.92 Å². The van der Waals surface area contributed by atoms with E-state index in [9.17, 15) is 4.79 Å². The third-order valence-corrected chi connectivity index (χ3v) is 2.32. The minimum atomic E-state index is -0.881. The maximum Gasteiger partial charge on any atom is 0.312 e. The van der Waals surface area contributed by atoms with Gasteiger partial charge in [-0.2, -0.15) is 0 Å². The van der Waals surface area contributed by atoms with Crippen molar-refractivity contribution in [1.29, 1.82) is 0 Å². The van der Waals surface area contributed by atoms with E-state index in [0.29, 0.717) is 0 Å². The van der Waals surface area contributed by atoms with Crippen molar-refractivity contribution in [3.8, 4) is 0 Å². The zero-order valence-electron chi connectivity index (χ0n) is 8.97. The van der Waals surface area contributed by atoms with E-state index in [4.69, 9.17) is 10.8 Å². The number of nitrogens with two attached hydrogens (primary N) is 1. The molecule has 15 heavy (non-hydrogen) atoms. The van der Waals surface area contributed by atoms with Crippen molar-refractivity contribution >= 4 is 11.7 Å². The highest BCUT2D eigenvalue weighted by atomic mass is 16.4. The summed E-state index contributed by atoms with van der Waals surface area (Å²) in [5.74, 6) is -1.50. The van der Waals surface area contributed by atoms with Crippen molar-refractivity contribution in [3.63, 3.8) is 0 Å². The average molecular weight is 208 g/mol. The molecule has 1 atom stereocenters. The van der Waals surface area contributed by atoms with Gasteiger partial charge in [0.2, 0.25) is 0 Å². The summed E-state index contributed by atoms with van der Waals surface area (Å²) in [6.07, 6.45) is 0. The van der Waals surface area contributed by atoms with Crippen LogP contribution in [0.1, 0.15) is 11.5 Å². The fraction of sp³-hybridized carbons (Fsp3) is 0.364. The number of rotatable bonds is 4. The topological polar surface area (TPSA) is 66.6 Å². The molecule has 82 valence electrons. The van der Waals surface area contributed by atoms with E-state index in [1.54, 1.807) is 6.07 Å². The SMILES string of the molecule is CN(C)c1cccc(C(CN)C(=O)O)c1. The highest BCUT2D eigenvalue weighted by molar-refractivity contribution is 5.77. The molecular weight excluding hydrogens is 192 g/mol. The van der Waals surface area contributed by atoms with Crippen molar-refractivity contribution in [2.24, 2.45) is 5.73 Å². The summed E-state index contributed by atoms with van der Waals surface area (Å²) in [7, 11) is 3.83. The lowest BCUT2D eigenvalue weighted by atomic mass is 9.99. The van der Waals surface area contributed by atoms with Gasteiger partial charge in [0.1, 0.15) is 0 Å². The molecule has 0 heterocycles. The van der Waals surface area contributed by atoms with Crippen molar-refractivity contribution in [2.75, 3.05) is 25.5 Å². The molecule has 0 aromatic heterocycles. The van der Waals surface area contributed by atoms with Gasteiger partial charge in [0.25, 0.3) is 0 Å². The minimum Gasteiger partial charge on any atom is -0.481 e. The van der Waals surface area contributed by atoms with Crippen LogP contribution in [0.5, 0.6) is 0 Å². The smallest absolute Gasteiger partial charge is 0.312 e. The Bertz CT molecular complexity index is 350. The van der Waals surface area contributed by atoms with Gasteiger partial charge in [-0.25, -0.2) is 0 Å². The number of aliphatic carboxylic acids is 1. The van der Waals surface area contributed by atoms with Gasteiger partial charge in [-0.05, 0) is 17.7 Å². The molecule has 1 aromatic carbocycles. The van der Waals surface area contributed by atoms with E-state index >= 15 is 0 Å². The van der Waals surface area contributed by atoms with E-state index < -0.39 is 11.9 Å². The molecule has 0 spiro atoms. The van der Waals surface area contributed by atoms with Gasteiger partial charge >= 0.3 is 5.97 Å². The number of anilines is 1. The predicted octanol–water partition coefficient (Wildman–Crippen LogP) is 0.879. The lowest BCUT2D eigenvalue weighted by molar-refractivity contribution is -0.138. The van der Waals surface area contributed by atoms with Crippen molar-refractivity contribution in [3.05, 3.63) is 29.8 Å². The van der Waals surface area contributed by atoms with Crippen LogP contribution in [0.15, 0.2) is 24.3 Å². The first-order chi connectivity index (χ1) is 7.06. The number of hydrogen-bond acceptors (Lipinski definition) is 3. The molecule has 1 rings (SSSR count). The molecule has 0 saturated heterocycles. The Hall–Kier alpha value is -1.55. The normalized spacial score (nSPS) is 12.2. The molecule has 0 radical (unpaired) electrons. The summed E-state index contributed by atoms with van der Waals surface area (Å²) in [5.41, 5.74) is 7.16. The molecule has 0 saturated carbocycles. The van der Waals surface area contributed by atoms with Crippen molar-refractivity contribution in [1.82, 2.24) is 0 Å². The first-order valence-corrected chi connectivity index (χ1v) is 4.76. The van der Waals surface area contributed by atoms with Crippen LogP contribution in [0.2, 0.25) is 0 Å². The van der Waals surface area contributed by atoms with Crippen LogP contribution in [0.4, 0.5) is 5.69 Å². The van der Waals surface area contributed by atoms with Gasteiger partial charge in [-0.15, -0.1) is 0 Å². The van der Waals surface area contributed by atoms with Gasteiger partial charge in [-0.1, -0.05) is 12.1 Å². The van der Waals surface area contributed by atoms with Crippen molar-refractivity contribution < 1.29 is 9.90 Å². The number of nitrogens with zero attached hydrogens (tertiary/aromatic N) is 1. The highest BCUT2D eigenvalue weighted by Gasteiger charge is 2.17. The van der Waals surface area contributed by atoms with Crippen LogP contribution in [-0.4, -0.2) is 31.7 Å². The predicted molar refractivity (Wildman–Crippen MR) is 60.2 cm³/mol. The fourth-order valence-corrected chi connectivity index (χ4v) is 1.40. The summed E-state index contributed by atoms with van der Waals surface area (Å²) in [5, 5.41) is 8.96. The molecule has 0 aliphatic heterocycles. The highest BCUT2D eigenvalue weighted by Crippen LogP contribution is 2.20. The summed E-state index contributed by atoms with van der Waals surface area (Å²) in [6.45, 7) is 0.117. The molecule has 0 bridgehead atoms. The summed E-state index contributed by atoms with van der Waals surface area (Å²) in [6, 6.07) is 7.42. The van der Waals surface area contributed by atoms with Crippen LogP contribution in [0.3, 0.4) is 0 Å². The second kappa shape index (κ2) is 4.79. The Balaban J connectivity index is 3.03. The molecule has 3 N–H and O–H groups in total. The summed E-state index contributed by atoms with van der Waals surface area (Å²) < 4.78 is 0. The second-order valence-electron chi connectivity index (χ2n) is 3.62. The van der Waals surface area contributed by atoms with Gasteiger partial charge in [0, 0.05) is 26.3 Å². The molecule has 0 fully saturated rings. The van der Waals surface area contributed by atoms with E-state index in [-0.39, 0.29) is 6.54 Å². The zero-order valence-corrected chi connectivity index (χ0v) is 8.97. The second-order valence-corrected chi connectivity index (χ2v) is 3.62. The first-order valence-electron chi connectivity index (χ1n) is 4.76. The zero-order chi connectivity index (χ0) is 11.4. The third-order valence-electron chi connectivity index (χ3n) is 2.32. The number of hydrogen-bond donors (Lipinski definition) is 2.